The van der Waals surface area contributed by atoms with Crippen LogP contribution in [0.5, 0.6) is 0 Å². The Bertz CT molecular complexity index is 1020. The molecular formula is C22H17ClF2N2O. The molecule has 0 aliphatic carbocycles. The fourth-order valence-corrected chi connectivity index (χ4v) is 2.79. The summed E-state index contributed by atoms with van der Waals surface area (Å²) < 4.78 is 26.5. The lowest BCUT2D eigenvalue weighted by molar-refractivity contribution is -0.117. The molecule has 1 N–H and O–H groups in total. The summed E-state index contributed by atoms with van der Waals surface area (Å²) in [5.41, 5.74) is 2.91. The lowest BCUT2D eigenvalue weighted by atomic mass is 10.0. The van der Waals surface area contributed by atoms with Crippen LogP contribution in [0.3, 0.4) is 0 Å². The number of aromatic nitrogens is 1. The first kappa shape index (κ1) is 19.7. The van der Waals surface area contributed by atoms with Gasteiger partial charge >= 0.3 is 0 Å². The van der Waals surface area contributed by atoms with Crippen molar-refractivity contribution in [3.8, 4) is 11.1 Å². The smallest absolute Gasteiger partial charge is 0.244 e. The number of rotatable bonds is 5. The van der Waals surface area contributed by atoms with E-state index in [9.17, 15) is 13.6 Å². The Morgan fingerprint density at radius 3 is 2.64 bits per heavy atom. The van der Waals surface area contributed by atoms with E-state index in [1.807, 2.05) is 37.3 Å². The van der Waals surface area contributed by atoms with E-state index in [2.05, 4.69) is 10.3 Å². The lowest BCUT2D eigenvalue weighted by Crippen LogP contribution is -2.24. The number of pyridine rings is 1. The van der Waals surface area contributed by atoms with Crippen molar-refractivity contribution in [1.82, 2.24) is 10.3 Å². The van der Waals surface area contributed by atoms with Crippen LogP contribution in [0.25, 0.3) is 17.2 Å². The topological polar surface area (TPSA) is 42.0 Å². The minimum atomic E-state index is -0.721. The maximum Gasteiger partial charge on any atom is 0.244 e. The zero-order valence-electron chi connectivity index (χ0n) is 15.0. The second-order valence-corrected chi connectivity index (χ2v) is 6.61. The van der Waals surface area contributed by atoms with Crippen LogP contribution < -0.4 is 5.32 Å². The quantitative estimate of drug-likeness (QED) is 0.451. The predicted molar refractivity (Wildman–Crippen MR) is 107 cm³/mol. The molecule has 0 spiro atoms. The van der Waals surface area contributed by atoms with Crippen LogP contribution in [-0.2, 0) is 4.79 Å². The normalized spacial score (nSPS) is 12.1. The first-order valence-electron chi connectivity index (χ1n) is 8.58. The van der Waals surface area contributed by atoms with Crippen LogP contribution in [0.4, 0.5) is 8.78 Å². The highest BCUT2D eigenvalue weighted by atomic mass is 35.5. The standard InChI is InChI=1S/C22H17ClF2N2O/c1-14(27-22(28)10-7-15-5-8-19(24)12-20(15)25)16-3-2-4-17(11-16)18-6-9-21(23)26-13-18/h2-14H,1H3,(H,27,28). The summed E-state index contributed by atoms with van der Waals surface area (Å²) in [6, 6.07) is 14.2. The van der Waals surface area contributed by atoms with Crippen molar-refractivity contribution < 1.29 is 13.6 Å². The first-order chi connectivity index (χ1) is 13.4. The van der Waals surface area contributed by atoms with E-state index >= 15 is 0 Å². The maximum atomic E-state index is 13.6. The molecule has 3 rings (SSSR count). The molecule has 1 aromatic heterocycles. The molecule has 0 bridgehead atoms. The van der Waals surface area contributed by atoms with Crippen molar-refractivity contribution in [2.45, 2.75) is 13.0 Å². The molecule has 0 aliphatic rings. The van der Waals surface area contributed by atoms with Gasteiger partial charge in [0.25, 0.3) is 0 Å². The minimum Gasteiger partial charge on any atom is -0.346 e. The van der Waals surface area contributed by atoms with E-state index in [4.69, 9.17) is 11.6 Å². The van der Waals surface area contributed by atoms with Gasteiger partial charge in [-0.3, -0.25) is 4.79 Å². The second-order valence-electron chi connectivity index (χ2n) is 6.22. The maximum absolute atomic E-state index is 13.6. The molecule has 1 unspecified atom stereocenters. The van der Waals surface area contributed by atoms with Gasteiger partial charge in [0.2, 0.25) is 5.91 Å². The number of nitrogens with one attached hydrogen (secondary N) is 1. The zero-order chi connectivity index (χ0) is 20.1. The molecular weight excluding hydrogens is 382 g/mol. The van der Waals surface area contributed by atoms with Gasteiger partial charge in [-0.15, -0.1) is 0 Å². The van der Waals surface area contributed by atoms with Gasteiger partial charge in [0, 0.05) is 29.5 Å². The number of carbonyl (C=O) groups is 1. The summed E-state index contributed by atoms with van der Waals surface area (Å²) in [6.07, 6.45) is 4.22. The summed E-state index contributed by atoms with van der Waals surface area (Å²) in [7, 11) is 0. The Morgan fingerprint density at radius 1 is 1.11 bits per heavy atom. The fraction of sp³-hybridized carbons (Fsp3) is 0.0909. The van der Waals surface area contributed by atoms with Gasteiger partial charge in [-0.2, -0.15) is 0 Å². The monoisotopic (exact) mass is 398 g/mol. The number of hydrogen-bond donors (Lipinski definition) is 1. The highest BCUT2D eigenvalue weighted by Gasteiger charge is 2.09. The van der Waals surface area contributed by atoms with Crippen LogP contribution in [0.15, 0.2) is 66.9 Å². The van der Waals surface area contributed by atoms with Crippen molar-refractivity contribution in [3.63, 3.8) is 0 Å². The zero-order valence-corrected chi connectivity index (χ0v) is 15.8. The van der Waals surface area contributed by atoms with Gasteiger partial charge < -0.3 is 5.32 Å². The molecule has 28 heavy (non-hydrogen) atoms. The lowest BCUT2D eigenvalue weighted by Gasteiger charge is -2.14. The molecule has 0 saturated carbocycles. The van der Waals surface area contributed by atoms with Gasteiger partial charge in [-0.1, -0.05) is 29.8 Å². The number of nitrogens with zero attached hydrogens (tertiary/aromatic N) is 1. The van der Waals surface area contributed by atoms with Crippen LogP contribution in [-0.4, -0.2) is 10.9 Å². The summed E-state index contributed by atoms with van der Waals surface area (Å²) in [6.45, 7) is 1.85. The molecule has 2 aromatic carbocycles. The van der Waals surface area contributed by atoms with Gasteiger partial charge in [0.15, 0.2) is 0 Å². The highest BCUT2D eigenvalue weighted by molar-refractivity contribution is 6.29. The Morgan fingerprint density at radius 2 is 1.93 bits per heavy atom. The number of benzene rings is 2. The Kier molecular flexibility index (Phi) is 6.16. The summed E-state index contributed by atoms with van der Waals surface area (Å²) >= 11 is 5.82. The first-order valence-corrected chi connectivity index (χ1v) is 8.95. The summed E-state index contributed by atoms with van der Waals surface area (Å²) in [5, 5.41) is 3.25. The summed E-state index contributed by atoms with van der Waals surface area (Å²) in [5.74, 6) is -1.76. The number of amides is 1. The summed E-state index contributed by atoms with van der Waals surface area (Å²) in [4.78, 5) is 16.2. The predicted octanol–water partition coefficient (Wildman–Crippen LogP) is 5.57. The molecule has 3 aromatic rings. The number of hydrogen-bond acceptors (Lipinski definition) is 2. The van der Waals surface area contributed by atoms with Gasteiger partial charge in [0.1, 0.15) is 16.8 Å². The van der Waals surface area contributed by atoms with Crippen molar-refractivity contribution >= 4 is 23.6 Å². The van der Waals surface area contributed by atoms with E-state index in [0.717, 1.165) is 28.8 Å². The molecule has 142 valence electrons. The van der Waals surface area contributed by atoms with Gasteiger partial charge in [0.05, 0.1) is 6.04 Å². The van der Waals surface area contributed by atoms with E-state index < -0.39 is 11.6 Å². The third-order valence-electron chi connectivity index (χ3n) is 4.18. The van der Waals surface area contributed by atoms with E-state index in [0.29, 0.717) is 5.15 Å². The molecule has 3 nitrogen and oxygen atoms in total. The van der Waals surface area contributed by atoms with Gasteiger partial charge in [-0.05, 0) is 54.5 Å². The van der Waals surface area contributed by atoms with Crippen LogP contribution >= 0.6 is 11.6 Å². The van der Waals surface area contributed by atoms with Crippen LogP contribution in [0.2, 0.25) is 5.15 Å². The molecule has 1 amide bonds. The Balaban J connectivity index is 1.69. The molecule has 1 heterocycles. The SMILES string of the molecule is CC(NC(=O)C=Cc1ccc(F)cc1F)c1cccc(-c2ccc(Cl)nc2)c1. The molecule has 0 fully saturated rings. The number of halogens is 3. The van der Waals surface area contributed by atoms with Crippen LogP contribution in [0, 0.1) is 11.6 Å². The largest absolute Gasteiger partial charge is 0.346 e. The molecule has 0 radical (unpaired) electrons. The van der Waals surface area contributed by atoms with Crippen molar-refractivity contribution in [1.29, 1.82) is 0 Å². The third-order valence-corrected chi connectivity index (χ3v) is 4.41. The average molecular weight is 399 g/mol. The highest BCUT2D eigenvalue weighted by Crippen LogP contribution is 2.23. The van der Waals surface area contributed by atoms with Crippen LogP contribution in [0.1, 0.15) is 24.1 Å². The number of carbonyl (C=O) groups excluding carboxylic acids is 1. The molecule has 6 heteroatoms. The second kappa shape index (κ2) is 8.76. The van der Waals surface area contributed by atoms with Crippen molar-refractivity contribution in [2.24, 2.45) is 0 Å². The molecule has 1 atom stereocenters. The van der Waals surface area contributed by atoms with E-state index in [1.54, 1.807) is 12.3 Å². The van der Waals surface area contributed by atoms with Crippen molar-refractivity contribution in [2.75, 3.05) is 0 Å². The van der Waals surface area contributed by atoms with Crippen molar-refractivity contribution in [3.05, 3.63) is 94.8 Å². The minimum absolute atomic E-state index is 0.140. The fourth-order valence-electron chi connectivity index (χ4n) is 2.68. The molecule has 0 saturated heterocycles. The molecule has 0 aliphatic heterocycles. The van der Waals surface area contributed by atoms with E-state index in [-0.39, 0.29) is 17.5 Å². The Hall–Kier alpha value is -3.05. The average Bonchev–Trinajstić information content (AvgIpc) is 2.68. The van der Waals surface area contributed by atoms with Gasteiger partial charge in [-0.25, -0.2) is 13.8 Å². The third kappa shape index (κ3) is 5.02. The Labute approximate surface area is 166 Å². The van der Waals surface area contributed by atoms with E-state index in [1.165, 1.54) is 18.2 Å².